The van der Waals surface area contributed by atoms with E-state index in [2.05, 4.69) is 9.99 Å². The number of hydrogen-bond acceptors (Lipinski definition) is 3. The van der Waals surface area contributed by atoms with Crippen molar-refractivity contribution in [1.82, 2.24) is 0 Å². The molecular weight excluding hydrogens is 208 g/mol. The van der Waals surface area contributed by atoms with E-state index >= 15 is 0 Å². The van der Waals surface area contributed by atoms with E-state index in [0.717, 1.165) is 18.3 Å². The van der Waals surface area contributed by atoms with Crippen molar-refractivity contribution in [2.75, 3.05) is 6.61 Å². The summed E-state index contributed by atoms with van der Waals surface area (Å²) in [5, 5.41) is 11.4. The standard InChI is InChI=1S/C9H7F2NO3/c10-7-2-1-6(3-8(7)11)4-12-15-5-9(13)14/h1-4H,5H2,(H,13,14). The first-order chi connectivity index (χ1) is 7.09. The quantitative estimate of drug-likeness (QED) is 0.610. The maximum absolute atomic E-state index is 12.6. The average Bonchev–Trinajstić information content (AvgIpc) is 2.18. The average molecular weight is 215 g/mol. The zero-order valence-corrected chi connectivity index (χ0v) is 7.48. The Morgan fingerprint density at radius 2 is 2.20 bits per heavy atom. The Labute approximate surface area is 83.8 Å². The smallest absolute Gasteiger partial charge is 0.344 e. The molecule has 0 saturated carbocycles. The van der Waals surface area contributed by atoms with Gasteiger partial charge < -0.3 is 9.94 Å². The Morgan fingerprint density at radius 3 is 2.80 bits per heavy atom. The van der Waals surface area contributed by atoms with E-state index in [4.69, 9.17) is 5.11 Å². The van der Waals surface area contributed by atoms with Gasteiger partial charge in [0.1, 0.15) is 0 Å². The summed E-state index contributed by atoms with van der Waals surface area (Å²) in [5.74, 6) is -3.13. The Hall–Kier alpha value is -1.98. The second-order valence-corrected chi connectivity index (χ2v) is 2.58. The van der Waals surface area contributed by atoms with Crippen LogP contribution in [-0.4, -0.2) is 23.9 Å². The lowest BCUT2D eigenvalue weighted by Gasteiger charge is -1.95. The molecule has 1 aromatic carbocycles. The predicted octanol–water partition coefficient (Wildman–Crippen LogP) is 1.40. The summed E-state index contributed by atoms with van der Waals surface area (Å²) in [4.78, 5) is 14.3. The van der Waals surface area contributed by atoms with E-state index in [9.17, 15) is 13.6 Å². The van der Waals surface area contributed by atoms with Crippen LogP contribution in [0.25, 0.3) is 0 Å². The highest BCUT2D eigenvalue weighted by Gasteiger charge is 2.00. The number of hydrogen-bond donors (Lipinski definition) is 1. The molecule has 0 atom stereocenters. The van der Waals surface area contributed by atoms with E-state index in [1.54, 1.807) is 0 Å². The summed E-state index contributed by atoms with van der Waals surface area (Å²) in [5.41, 5.74) is 0.277. The highest BCUT2D eigenvalue weighted by Crippen LogP contribution is 2.06. The molecule has 6 heteroatoms. The Balaban J connectivity index is 2.57. The van der Waals surface area contributed by atoms with E-state index < -0.39 is 24.2 Å². The first-order valence-corrected chi connectivity index (χ1v) is 3.92. The Bertz CT molecular complexity index is 393. The first-order valence-electron chi connectivity index (χ1n) is 3.92. The third-order valence-corrected chi connectivity index (χ3v) is 1.41. The summed E-state index contributed by atoms with van der Waals surface area (Å²) >= 11 is 0. The number of carbonyl (C=O) groups is 1. The van der Waals surface area contributed by atoms with Gasteiger partial charge in [-0.3, -0.25) is 0 Å². The van der Waals surface area contributed by atoms with Crippen LogP contribution in [0.2, 0.25) is 0 Å². The monoisotopic (exact) mass is 215 g/mol. The fraction of sp³-hybridized carbons (Fsp3) is 0.111. The molecule has 0 unspecified atom stereocenters. The van der Waals surface area contributed by atoms with Crippen LogP contribution in [0.1, 0.15) is 5.56 Å². The molecule has 0 aliphatic heterocycles. The number of carboxylic acids is 1. The third-order valence-electron chi connectivity index (χ3n) is 1.41. The molecule has 1 aromatic rings. The lowest BCUT2D eigenvalue weighted by atomic mass is 10.2. The van der Waals surface area contributed by atoms with Crippen LogP contribution < -0.4 is 0 Å². The first kappa shape index (κ1) is 11.1. The summed E-state index contributed by atoms with van der Waals surface area (Å²) < 4.78 is 25.1. The fourth-order valence-electron chi connectivity index (χ4n) is 0.783. The van der Waals surface area contributed by atoms with Crippen molar-refractivity contribution >= 4 is 12.2 Å². The van der Waals surface area contributed by atoms with Gasteiger partial charge in [0, 0.05) is 0 Å². The third kappa shape index (κ3) is 3.72. The van der Waals surface area contributed by atoms with Crippen LogP contribution in [-0.2, 0) is 9.63 Å². The zero-order chi connectivity index (χ0) is 11.3. The van der Waals surface area contributed by atoms with Gasteiger partial charge in [0.05, 0.1) is 6.21 Å². The van der Waals surface area contributed by atoms with Crippen LogP contribution in [0.4, 0.5) is 8.78 Å². The molecule has 80 valence electrons. The minimum atomic E-state index is -1.17. The van der Waals surface area contributed by atoms with E-state index in [-0.39, 0.29) is 5.56 Å². The lowest BCUT2D eigenvalue weighted by molar-refractivity contribution is -0.142. The molecule has 0 aliphatic carbocycles. The summed E-state index contributed by atoms with van der Waals surface area (Å²) in [7, 11) is 0. The molecule has 0 saturated heterocycles. The maximum atomic E-state index is 12.6. The van der Waals surface area contributed by atoms with Crippen molar-refractivity contribution < 1.29 is 23.5 Å². The molecule has 0 amide bonds. The summed E-state index contributed by atoms with van der Waals surface area (Å²) in [6, 6.07) is 3.14. The molecule has 1 rings (SSSR count). The SMILES string of the molecule is O=C(O)CON=Cc1ccc(F)c(F)c1. The molecule has 0 spiro atoms. The highest BCUT2D eigenvalue weighted by molar-refractivity contribution is 5.79. The Morgan fingerprint density at radius 1 is 1.47 bits per heavy atom. The fourth-order valence-corrected chi connectivity index (χ4v) is 0.783. The number of oxime groups is 1. The van der Waals surface area contributed by atoms with Crippen molar-refractivity contribution in [2.24, 2.45) is 5.16 Å². The number of halogens is 2. The molecule has 0 aliphatic rings. The second kappa shape index (κ2) is 5.04. The van der Waals surface area contributed by atoms with Crippen molar-refractivity contribution in [1.29, 1.82) is 0 Å². The van der Waals surface area contributed by atoms with Gasteiger partial charge in [0.15, 0.2) is 11.6 Å². The van der Waals surface area contributed by atoms with Crippen molar-refractivity contribution in [3.05, 3.63) is 35.4 Å². The van der Waals surface area contributed by atoms with Gasteiger partial charge in [-0.25, -0.2) is 13.6 Å². The van der Waals surface area contributed by atoms with Crippen molar-refractivity contribution in [2.45, 2.75) is 0 Å². The zero-order valence-electron chi connectivity index (χ0n) is 7.48. The molecule has 15 heavy (non-hydrogen) atoms. The normalized spacial score (nSPS) is 10.5. The van der Waals surface area contributed by atoms with Crippen LogP contribution >= 0.6 is 0 Å². The van der Waals surface area contributed by atoms with Crippen LogP contribution in [0.5, 0.6) is 0 Å². The molecule has 0 radical (unpaired) electrons. The van der Waals surface area contributed by atoms with E-state index in [1.165, 1.54) is 6.07 Å². The van der Waals surface area contributed by atoms with Gasteiger partial charge in [0.25, 0.3) is 0 Å². The number of benzene rings is 1. The van der Waals surface area contributed by atoms with Gasteiger partial charge >= 0.3 is 5.97 Å². The molecule has 0 heterocycles. The van der Waals surface area contributed by atoms with Crippen LogP contribution in [0.15, 0.2) is 23.4 Å². The predicted molar refractivity (Wildman–Crippen MR) is 47.5 cm³/mol. The highest BCUT2D eigenvalue weighted by atomic mass is 19.2. The van der Waals surface area contributed by atoms with Crippen LogP contribution in [0.3, 0.4) is 0 Å². The van der Waals surface area contributed by atoms with Crippen molar-refractivity contribution in [3.8, 4) is 0 Å². The molecule has 0 bridgehead atoms. The second-order valence-electron chi connectivity index (χ2n) is 2.58. The topological polar surface area (TPSA) is 58.9 Å². The molecule has 1 N–H and O–H groups in total. The minimum absolute atomic E-state index is 0.277. The number of nitrogens with zero attached hydrogens (tertiary/aromatic N) is 1. The van der Waals surface area contributed by atoms with Crippen LogP contribution in [0, 0.1) is 11.6 Å². The lowest BCUT2D eigenvalue weighted by Crippen LogP contribution is -2.03. The van der Waals surface area contributed by atoms with Gasteiger partial charge in [-0.1, -0.05) is 11.2 Å². The molecule has 0 fully saturated rings. The summed E-state index contributed by atoms with van der Waals surface area (Å²) in [6.45, 7) is -0.583. The van der Waals surface area contributed by atoms with Gasteiger partial charge in [-0.05, 0) is 17.7 Å². The summed E-state index contributed by atoms with van der Waals surface area (Å²) in [6.07, 6.45) is 1.09. The Kier molecular flexibility index (Phi) is 3.73. The molecular formula is C9H7F2NO3. The molecule has 0 aromatic heterocycles. The van der Waals surface area contributed by atoms with Gasteiger partial charge in [-0.2, -0.15) is 0 Å². The van der Waals surface area contributed by atoms with Crippen molar-refractivity contribution in [3.63, 3.8) is 0 Å². The number of carboxylic acid groups (broad SMARTS) is 1. The van der Waals surface area contributed by atoms with E-state index in [1.807, 2.05) is 0 Å². The van der Waals surface area contributed by atoms with Gasteiger partial charge in [-0.15, -0.1) is 0 Å². The van der Waals surface area contributed by atoms with Gasteiger partial charge in [0.2, 0.25) is 6.61 Å². The maximum Gasteiger partial charge on any atom is 0.344 e. The molecule has 4 nitrogen and oxygen atoms in total. The largest absolute Gasteiger partial charge is 0.479 e. The number of aliphatic carboxylic acids is 1. The van der Waals surface area contributed by atoms with E-state index in [0.29, 0.717) is 0 Å². The number of rotatable bonds is 4. The minimum Gasteiger partial charge on any atom is -0.479 e.